The molecule has 0 saturated heterocycles. The van der Waals surface area contributed by atoms with Crippen LogP contribution < -0.4 is 10.6 Å². The lowest BCUT2D eigenvalue weighted by Gasteiger charge is -2.43. The lowest BCUT2D eigenvalue weighted by molar-refractivity contribution is 0.0950. The molecule has 0 radical (unpaired) electrons. The van der Waals surface area contributed by atoms with Gasteiger partial charge in [-0.1, -0.05) is 60.2 Å². The number of amides is 1. The standard InChI is InChI=1S/C29H30N2O/c1-18-7-9-19(10-8-18)17-30-29(32)23-13-14-25-24(16-23)26-21-11-12-22(15-21)27(26)28(31-25)20-5-3-2-4-6-20/h2-10,13-14,16,21-22,26-28,31H,11-12,15,17H2,1H3,(H,30,32)/t21-,22-,26-,27-,28-/m0/s1. The van der Waals surface area contributed by atoms with Crippen molar-refractivity contribution in [3.05, 3.63) is 101 Å². The Balaban J connectivity index is 1.28. The molecular formula is C29H30N2O. The molecule has 3 aromatic rings. The van der Waals surface area contributed by atoms with E-state index in [-0.39, 0.29) is 5.91 Å². The van der Waals surface area contributed by atoms with E-state index in [9.17, 15) is 4.79 Å². The molecule has 2 fully saturated rings. The molecule has 6 rings (SSSR count). The van der Waals surface area contributed by atoms with E-state index in [0.717, 1.165) is 23.0 Å². The second kappa shape index (κ2) is 7.81. The van der Waals surface area contributed by atoms with Crippen molar-refractivity contribution in [2.24, 2.45) is 17.8 Å². The summed E-state index contributed by atoms with van der Waals surface area (Å²) < 4.78 is 0. The predicted molar refractivity (Wildman–Crippen MR) is 129 cm³/mol. The van der Waals surface area contributed by atoms with Gasteiger partial charge < -0.3 is 10.6 Å². The zero-order chi connectivity index (χ0) is 21.7. The van der Waals surface area contributed by atoms with Gasteiger partial charge in [0.1, 0.15) is 0 Å². The van der Waals surface area contributed by atoms with Crippen molar-refractivity contribution in [2.45, 2.75) is 44.7 Å². The highest BCUT2D eigenvalue weighted by atomic mass is 16.1. The van der Waals surface area contributed by atoms with Crippen LogP contribution in [0.2, 0.25) is 0 Å². The number of nitrogens with one attached hydrogen (secondary N) is 2. The summed E-state index contributed by atoms with van der Waals surface area (Å²) in [6, 6.07) is 25.9. The summed E-state index contributed by atoms with van der Waals surface area (Å²) in [6.45, 7) is 2.64. The van der Waals surface area contributed by atoms with E-state index in [1.807, 2.05) is 6.07 Å². The highest BCUT2D eigenvalue weighted by molar-refractivity contribution is 5.95. The van der Waals surface area contributed by atoms with Gasteiger partial charge in [0.25, 0.3) is 5.91 Å². The second-order valence-corrected chi connectivity index (χ2v) is 9.94. The third kappa shape index (κ3) is 3.31. The topological polar surface area (TPSA) is 41.1 Å². The predicted octanol–water partition coefficient (Wildman–Crippen LogP) is 6.22. The zero-order valence-corrected chi connectivity index (χ0v) is 18.6. The van der Waals surface area contributed by atoms with Crippen LogP contribution in [0.5, 0.6) is 0 Å². The molecule has 3 aromatic carbocycles. The van der Waals surface area contributed by atoms with Gasteiger partial charge in [-0.3, -0.25) is 4.79 Å². The molecule has 2 saturated carbocycles. The number of fused-ring (bicyclic) bond motifs is 7. The molecule has 2 N–H and O–H groups in total. The summed E-state index contributed by atoms with van der Waals surface area (Å²) in [5, 5.41) is 6.98. The largest absolute Gasteiger partial charge is 0.378 e. The van der Waals surface area contributed by atoms with Crippen molar-refractivity contribution >= 4 is 11.6 Å². The summed E-state index contributed by atoms with van der Waals surface area (Å²) in [7, 11) is 0. The van der Waals surface area contributed by atoms with Crippen molar-refractivity contribution in [1.82, 2.24) is 5.32 Å². The van der Waals surface area contributed by atoms with Gasteiger partial charge in [0, 0.05) is 17.8 Å². The summed E-state index contributed by atoms with van der Waals surface area (Å²) >= 11 is 0. The van der Waals surface area contributed by atoms with Crippen molar-refractivity contribution in [2.75, 3.05) is 5.32 Å². The van der Waals surface area contributed by atoms with Crippen molar-refractivity contribution in [3.8, 4) is 0 Å². The van der Waals surface area contributed by atoms with Crippen molar-refractivity contribution < 1.29 is 4.79 Å². The quantitative estimate of drug-likeness (QED) is 0.524. The number of hydrogen-bond acceptors (Lipinski definition) is 2. The number of rotatable bonds is 4. The van der Waals surface area contributed by atoms with E-state index in [0.29, 0.717) is 24.4 Å². The summed E-state index contributed by atoms with van der Waals surface area (Å²) in [6.07, 6.45) is 4.02. The molecule has 1 heterocycles. The van der Waals surface area contributed by atoms with Gasteiger partial charge in [-0.15, -0.1) is 0 Å². The Morgan fingerprint density at radius 3 is 2.56 bits per heavy atom. The SMILES string of the molecule is Cc1ccc(CNC(=O)c2ccc3c(c2)[C@@H]2[C@H]4CC[C@@H](C4)[C@@H]2[C@H](c2ccccc2)N3)cc1. The number of anilines is 1. The molecule has 3 heteroatoms. The molecule has 0 unspecified atom stereocenters. The highest BCUT2D eigenvalue weighted by Gasteiger charge is 2.53. The molecule has 2 aliphatic carbocycles. The summed E-state index contributed by atoms with van der Waals surface area (Å²) in [4.78, 5) is 13.0. The maximum Gasteiger partial charge on any atom is 0.251 e. The average Bonchev–Trinajstić information content (AvgIpc) is 3.46. The normalized spacial score (nSPS) is 27.3. The fraction of sp³-hybridized carbons (Fsp3) is 0.345. The molecule has 162 valence electrons. The number of carbonyl (C=O) groups is 1. The Morgan fingerprint density at radius 2 is 1.75 bits per heavy atom. The van der Waals surface area contributed by atoms with Crippen molar-refractivity contribution in [3.63, 3.8) is 0 Å². The third-order valence-corrected chi connectivity index (χ3v) is 8.08. The van der Waals surface area contributed by atoms with Crippen LogP contribution in [0, 0.1) is 24.7 Å². The van der Waals surface area contributed by atoms with Crippen LogP contribution in [0.25, 0.3) is 0 Å². The fourth-order valence-electron chi connectivity index (χ4n) is 6.61. The Labute approximate surface area is 190 Å². The maximum absolute atomic E-state index is 13.0. The molecule has 0 spiro atoms. The maximum atomic E-state index is 13.0. The second-order valence-electron chi connectivity index (χ2n) is 9.94. The van der Waals surface area contributed by atoms with E-state index in [1.54, 1.807) is 0 Å². The molecule has 1 amide bonds. The zero-order valence-electron chi connectivity index (χ0n) is 18.6. The van der Waals surface area contributed by atoms with Crippen LogP contribution in [0.15, 0.2) is 72.8 Å². The van der Waals surface area contributed by atoms with Gasteiger partial charge in [0.15, 0.2) is 0 Å². The van der Waals surface area contributed by atoms with Gasteiger partial charge in [-0.25, -0.2) is 0 Å². The molecule has 1 aliphatic heterocycles. The van der Waals surface area contributed by atoms with Gasteiger partial charge in [0.2, 0.25) is 0 Å². The molecular weight excluding hydrogens is 392 g/mol. The van der Waals surface area contributed by atoms with Crippen LogP contribution in [-0.2, 0) is 6.54 Å². The highest BCUT2D eigenvalue weighted by Crippen LogP contribution is 2.63. The minimum absolute atomic E-state index is 0.0123. The first kappa shape index (κ1) is 19.6. The number of carbonyl (C=O) groups excluding carboxylic acids is 1. The average molecular weight is 423 g/mol. The monoisotopic (exact) mass is 422 g/mol. The first-order valence-corrected chi connectivity index (χ1v) is 12.0. The van der Waals surface area contributed by atoms with E-state index >= 15 is 0 Å². The minimum atomic E-state index is 0.0123. The summed E-state index contributed by atoms with van der Waals surface area (Å²) in [5.74, 6) is 2.73. The van der Waals surface area contributed by atoms with Gasteiger partial charge >= 0.3 is 0 Å². The number of aryl methyl sites for hydroxylation is 1. The van der Waals surface area contributed by atoms with Crippen LogP contribution in [-0.4, -0.2) is 5.91 Å². The lowest BCUT2D eigenvalue weighted by Crippen LogP contribution is -2.35. The van der Waals surface area contributed by atoms with Gasteiger partial charge in [-0.05, 0) is 84.7 Å². The van der Waals surface area contributed by atoms with Crippen LogP contribution in [0.3, 0.4) is 0 Å². The van der Waals surface area contributed by atoms with E-state index in [1.165, 1.54) is 41.6 Å². The Hall–Kier alpha value is -3.07. The molecule has 32 heavy (non-hydrogen) atoms. The van der Waals surface area contributed by atoms with Gasteiger partial charge in [0.05, 0.1) is 6.04 Å². The lowest BCUT2D eigenvalue weighted by atomic mass is 9.68. The van der Waals surface area contributed by atoms with E-state index in [2.05, 4.69) is 84.3 Å². The molecule has 3 aliphatic rings. The Kier molecular flexibility index (Phi) is 4.78. The third-order valence-electron chi connectivity index (χ3n) is 8.08. The van der Waals surface area contributed by atoms with Crippen LogP contribution in [0.1, 0.15) is 63.8 Å². The van der Waals surface area contributed by atoms with Crippen molar-refractivity contribution in [1.29, 1.82) is 0 Å². The summed E-state index contributed by atoms with van der Waals surface area (Å²) in [5.41, 5.74) is 7.09. The smallest absolute Gasteiger partial charge is 0.251 e. The van der Waals surface area contributed by atoms with Gasteiger partial charge in [-0.2, -0.15) is 0 Å². The molecule has 2 bridgehead atoms. The first-order chi connectivity index (χ1) is 15.7. The Bertz CT molecular complexity index is 1140. The number of hydrogen-bond donors (Lipinski definition) is 2. The molecule has 0 aromatic heterocycles. The van der Waals surface area contributed by atoms with Crippen LogP contribution >= 0.6 is 0 Å². The minimum Gasteiger partial charge on any atom is -0.378 e. The molecule has 5 atom stereocenters. The van der Waals surface area contributed by atoms with Crippen LogP contribution in [0.4, 0.5) is 5.69 Å². The number of benzene rings is 3. The van der Waals surface area contributed by atoms with E-state index < -0.39 is 0 Å². The first-order valence-electron chi connectivity index (χ1n) is 12.0. The Morgan fingerprint density at radius 1 is 0.969 bits per heavy atom. The molecule has 3 nitrogen and oxygen atoms in total. The van der Waals surface area contributed by atoms with E-state index in [4.69, 9.17) is 0 Å². The fourth-order valence-corrected chi connectivity index (χ4v) is 6.61.